The minimum atomic E-state index is -0.951. The summed E-state index contributed by atoms with van der Waals surface area (Å²) >= 11 is 0. The van der Waals surface area contributed by atoms with Gasteiger partial charge in [-0.25, -0.2) is 4.79 Å². The molecule has 0 saturated carbocycles. The summed E-state index contributed by atoms with van der Waals surface area (Å²) in [6.07, 6.45) is 2.14. The van der Waals surface area contributed by atoms with Gasteiger partial charge in [0.05, 0.1) is 0 Å². The van der Waals surface area contributed by atoms with Gasteiger partial charge in [-0.3, -0.25) is 4.79 Å². The fourth-order valence-electron chi connectivity index (χ4n) is 1.48. The fourth-order valence-corrected chi connectivity index (χ4v) is 1.48. The average Bonchev–Trinajstić information content (AvgIpc) is 2.45. The van der Waals surface area contributed by atoms with Crippen molar-refractivity contribution in [1.29, 1.82) is 0 Å². The largest absolute Gasteiger partial charge is 0.479 e. The minimum Gasteiger partial charge on any atom is -0.479 e. The highest BCUT2D eigenvalue weighted by Crippen LogP contribution is 2.18. The Morgan fingerprint density at radius 3 is 2.77 bits per heavy atom. The first kappa shape index (κ1) is 9.77. The van der Waals surface area contributed by atoms with Crippen LogP contribution < -0.4 is 0 Å². The van der Waals surface area contributed by atoms with Gasteiger partial charge in [0, 0.05) is 13.0 Å². The molecular weight excluding hydrogens is 170 g/mol. The number of hydrogen-bond acceptors (Lipinski definition) is 2. The maximum absolute atomic E-state index is 11.3. The SMILES string of the molecule is CCC(=O)N1CC=C(C)C1C(=O)O. The zero-order valence-corrected chi connectivity index (χ0v) is 7.78. The second kappa shape index (κ2) is 3.60. The first-order valence-electron chi connectivity index (χ1n) is 4.26. The first-order chi connectivity index (χ1) is 6.07. The molecule has 13 heavy (non-hydrogen) atoms. The van der Waals surface area contributed by atoms with Crippen LogP contribution in [0.25, 0.3) is 0 Å². The second-order valence-electron chi connectivity index (χ2n) is 3.09. The normalized spacial score (nSPS) is 21.5. The van der Waals surface area contributed by atoms with Gasteiger partial charge < -0.3 is 10.0 Å². The maximum atomic E-state index is 11.3. The Hall–Kier alpha value is -1.32. The van der Waals surface area contributed by atoms with Crippen LogP contribution >= 0.6 is 0 Å². The van der Waals surface area contributed by atoms with Crippen molar-refractivity contribution >= 4 is 11.9 Å². The Bertz CT molecular complexity index is 270. The van der Waals surface area contributed by atoms with E-state index in [2.05, 4.69) is 0 Å². The van der Waals surface area contributed by atoms with E-state index in [-0.39, 0.29) is 5.91 Å². The summed E-state index contributed by atoms with van der Waals surface area (Å²) in [4.78, 5) is 23.5. The van der Waals surface area contributed by atoms with Crippen molar-refractivity contribution in [3.05, 3.63) is 11.6 Å². The number of carbonyl (C=O) groups is 2. The molecule has 4 nitrogen and oxygen atoms in total. The van der Waals surface area contributed by atoms with Gasteiger partial charge in [0.15, 0.2) is 6.04 Å². The highest BCUT2D eigenvalue weighted by Gasteiger charge is 2.33. The maximum Gasteiger partial charge on any atom is 0.330 e. The zero-order valence-electron chi connectivity index (χ0n) is 7.78. The molecule has 72 valence electrons. The molecule has 0 aromatic heterocycles. The minimum absolute atomic E-state index is 0.111. The lowest BCUT2D eigenvalue weighted by Crippen LogP contribution is -2.41. The molecule has 1 amide bonds. The molecule has 0 spiro atoms. The second-order valence-corrected chi connectivity index (χ2v) is 3.09. The van der Waals surface area contributed by atoms with Gasteiger partial charge in [0.25, 0.3) is 0 Å². The van der Waals surface area contributed by atoms with E-state index < -0.39 is 12.0 Å². The summed E-state index contributed by atoms with van der Waals surface area (Å²) in [5, 5.41) is 8.86. The summed E-state index contributed by atoms with van der Waals surface area (Å²) in [5.41, 5.74) is 0.745. The summed E-state index contributed by atoms with van der Waals surface area (Å²) in [5.74, 6) is -1.06. The van der Waals surface area contributed by atoms with Crippen LogP contribution in [0.4, 0.5) is 0 Å². The van der Waals surface area contributed by atoms with Crippen LogP contribution in [-0.4, -0.2) is 34.5 Å². The Balaban J connectivity index is 2.81. The van der Waals surface area contributed by atoms with Crippen molar-refractivity contribution in [3.63, 3.8) is 0 Å². The van der Waals surface area contributed by atoms with Crippen molar-refractivity contribution in [1.82, 2.24) is 4.90 Å². The van der Waals surface area contributed by atoms with Crippen LogP contribution in [-0.2, 0) is 9.59 Å². The summed E-state index contributed by atoms with van der Waals surface area (Å²) < 4.78 is 0. The van der Waals surface area contributed by atoms with E-state index >= 15 is 0 Å². The predicted molar refractivity (Wildman–Crippen MR) is 47.2 cm³/mol. The number of carboxylic acids is 1. The molecule has 4 heteroatoms. The number of amides is 1. The fraction of sp³-hybridized carbons (Fsp3) is 0.556. The monoisotopic (exact) mass is 183 g/mol. The Labute approximate surface area is 76.8 Å². The van der Waals surface area contributed by atoms with Crippen LogP contribution in [0.15, 0.2) is 11.6 Å². The van der Waals surface area contributed by atoms with E-state index in [0.29, 0.717) is 13.0 Å². The lowest BCUT2D eigenvalue weighted by molar-refractivity contribution is -0.147. The molecule has 0 radical (unpaired) electrons. The first-order valence-corrected chi connectivity index (χ1v) is 4.26. The number of carboxylic acid groups (broad SMARTS) is 1. The van der Waals surface area contributed by atoms with Gasteiger partial charge >= 0.3 is 5.97 Å². The van der Waals surface area contributed by atoms with Crippen LogP contribution in [0.1, 0.15) is 20.3 Å². The van der Waals surface area contributed by atoms with E-state index in [1.54, 1.807) is 19.9 Å². The summed E-state index contributed by atoms with van der Waals surface area (Å²) in [6.45, 7) is 3.89. The van der Waals surface area contributed by atoms with Crippen LogP contribution in [0.2, 0.25) is 0 Å². The standard InChI is InChI=1S/C9H13NO3/c1-3-7(11)10-5-4-6(2)8(10)9(12)13/h4,8H,3,5H2,1-2H3,(H,12,13). The molecule has 0 bridgehead atoms. The highest BCUT2D eigenvalue weighted by molar-refractivity contribution is 5.87. The van der Waals surface area contributed by atoms with Gasteiger partial charge in [-0.15, -0.1) is 0 Å². The smallest absolute Gasteiger partial charge is 0.330 e. The molecule has 1 atom stereocenters. The summed E-state index contributed by atoms with van der Waals surface area (Å²) in [6, 6.07) is -0.743. The number of aliphatic carboxylic acids is 1. The third kappa shape index (κ3) is 1.71. The quantitative estimate of drug-likeness (QED) is 0.639. The van der Waals surface area contributed by atoms with Crippen molar-refractivity contribution in [2.75, 3.05) is 6.54 Å². The Morgan fingerprint density at radius 2 is 2.31 bits per heavy atom. The third-order valence-corrected chi connectivity index (χ3v) is 2.21. The van der Waals surface area contributed by atoms with Crippen LogP contribution in [0, 0.1) is 0 Å². The van der Waals surface area contributed by atoms with Gasteiger partial charge in [-0.1, -0.05) is 13.0 Å². The molecule has 1 heterocycles. The Morgan fingerprint density at radius 1 is 1.69 bits per heavy atom. The van der Waals surface area contributed by atoms with Crippen LogP contribution in [0.3, 0.4) is 0 Å². The number of carbonyl (C=O) groups excluding carboxylic acids is 1. The molecular formula is C9H13NO3. The predicted octanol–water partition coefficient (Wildman–Crippen LogP) is 0.638. The number of rotatable bonds is 2. The van der Waals surface area contributed by atoms with Crippen molar-refractivity contribution < 1.29 is 14.7 Å². The van der Waals surface area contributed by atoms with Gasteiger partial charge in [0.2, 0.25) is 5.91 Å². The van der Waals surface area contributed by atoms with Crippen molar-refractivity contribution in [3.8, 4) is 0 Å². The molecule has 1 unspecified atom stereocenters. The zero-order chi connectivity index (χ0) is 10.0. The molecule has 0 fully saturated rings. The van der Waals surface area contributed by atoms with E-state index in [1.807, 2.05) is 0 Å². The number of nitrogens with zero attached hydrogens (tertiary/aromatic N) is 1. The van der Waals surface area contributed by atoms with E-state index in [0.717, 1.165) is 5.57 Å². The van der Waals surface area contributed by atoms with E-state index in [4.69, 9.17) is 5.11 Å². The van der Waals surface area contributed by atoms with Crippen molar-refractivity contribution in [2.45, 2.75) is 26.3 Å². The van der Waals surface area contributed by atoms with Gasteiger partial charge in [0.1, 0.15) is 0 Å². The van der Waals surface area contributed by atoms with Gasteiger partial charge in [-0.2, -0.15) is 0 Å². The lowest BCUT2D eigenvalue weighted by Gasteiger charge is -2.22. The lowest BCUT2D eigenvalue weighted by atomic mass is 10.1. The Kier molecular flexibility index (Phi) is 2.70. The topological polar surface area (TPSA) is 57.6 Å². The van der Waals surface area contributed by atoms with Gasteiger partial charge in [-0.05, 0) is 12.5 Å². The van der Waals surface area contributed by atoms with E-state index in [1.165, 1.54) is 4.90 Å². The molecule has 1 rings (SSSR count). The molecule has 0 aromatic carbocycles. The average molecular weight is 183 g/mol. The molecule has 0 aliphatic carbocycles. The highest BCUT2D eigenvalue weighted by atomic mass is 16.4. The molecule has 0 aromatic rings. The summed E-state index contributed by atoms with van der Waals surface area (Å²) in [7, 11) is 0. The molecule has 1 N–H and O–H groups in total. The number of hydrogen-bond donors (Lipinski definition) is 1. The molecule has 0 saturated heterocycles. The molecule has 1 aliphatic heterocycles. The van der Waals surface area contributed by atoms with Crippen molar-refractivity contribution in [2.24, 2.45) is 0 Å². The van der Waals surface area contributed by atoms with E-state index in [9.17, 15) is 9.59 Å². The van der Waals surface area contributed by atoms with Crippen LogP contribution in [0.5, 0.6) is 0 Å². The third-order valence-electron chi connectivity index (χ3n) is 2.21. The molecule has 1 aliphatic rings.